The number of hydrogen-bond donors (Lipinski definition) is 1. The quantitative estimate of drug-likeness (QED) is 0.774. The molecule has 0 aliphatic rings. The smallest absolute Gasteiger partial charge is 0.127 e. The zero-order valence-electron chi connectivity index (χ0n) is 12.6. The molecule has 2 rings (SSSR count). The lowest BCUT2D eigenvalue weighted by Gasteiger charge is -2.11. The molecule has 0 saturated heterocycles. The van der Waals surface area contributed by atoms with E-state index in [-0.39, 0.29) is 0 Å². The number of nitrogens with one attached hydrogen (secondary N) is 1. The zero-order chi connectivity index (χ0) is 14.4. The van der Waals surface area contributed by atoms with E-state index in [0.717, 1.165) is 31.0 Å². The highest BCUT2D eigenvalue weighted by Gasteiger charge is 2.02. The molecule has 2 aromatic carbocycles. The van der Waals surface area contributed by atoms with Crippen LogP contribution in [-0.4, -0.2) is 6.54 Å². The molecule has 2 nitrogen and oxygen atoms in total. The van der Waals surface area contributed by atoms with Gasteiger partial charge in [0.15, 0.2) is 0 Å². The first-order chi connectivity index (χ1) is 9.69. The van der Waals surface area contributed by atoms with Gasteiger partial charge in [0.1, 0.15) is 11.5 Å². The molecule has 0 heterocycles. The summed E-state index contributed by atoms with van der Waals surface area (Å²) in [5, 5.41) is 3.43. The number of ether oxygens (including phenoxy) is 1. The average Bonchev–Trinajstić information content (AvgIpc) is 2.44. The van der Waals surface area contributed by atoms with Crippen molar-refractivity contribution in [1.82, 2.24) is 5.32 Å². The molecule has 0 radical (unpaired) electrons. The van der Waals surface area contributed by atoms with Crippen molar-refractivity contribution in [1.29, 1.82) is 0 Å². The van der Waals surface area contributed by atoms with Crippen LogP contribution < -0.4 is 10.1 Å². The van der Waals surface area contributed by atoms with Crippen molar-refractivity contribution in [3.63, 3.8) is 0 Å². The van der Waals surface area contributed by atoms with Gasteiger partial charge in [-0.2, -0.15) is 0 Å². The first kappa shape index (κ1) is 14.6. The van der Waals surface area contributed by atoms with Gasteiger partial charge in [-0.1, -0.05) is 30.7 Å². The van der Waals surface area contributed by atoms with Gasteiger partial charge in [-0.15, -0.1) is 0 Å². The van der Waals surface area contributed by atoms with Crippen LogP contribution in [0, 0.1) is 13.8 Å². The molecule has 0 unspecified atom stereocenters. The largest absolute Gasteiger partial charge is 0.457 e. The number of benzene rings is 2. The van der Waals surface area contributed by atoms with E-state index in [1.54, 1.807) is 0 Å². The Labute approximate surface area is 121 Å². The van der Waals surface area contributed by atoms with Crippen LogP contribution in [0.1, 0.15) is 30.0 Å². The topological polar surface area (TPSA) is 21.3 Å². The van der Waals surface area contributed by atoms with Crippen LogP contribution in [0.3, 0.4) is 0 Å². The van der Waals surface area contributed by atoms with Crippen molar-refractivity contribution in [3.8, 4) is 11.5 Å². The molecule has 2 heteroatoms. The average molecular weight is 269 g/mol. The molecule has 0 bridgehead atoms. The molecule has 0 aromatic heterocycles. The minimum atomic E-state index is 0.881. The van der Waals surface area contributed by atoms with Gasteiger partial charge < -0.3 is 10.1 Å². The van der Waals surface area contributed by atoms with Crippen LogP contribution in [0.4, 0.5) is 0 Å². The zero-order valence-corrected chi connectivity index (χ0v) is 12.6. The van der Waals surface area contributed by atoms with E-state index >= 15 is 0 Å². The maximum absolute atomic E-state index is 5.87. The predicted octanol–water partition coefficient (Wildman–Crippen LogP) is 4.60. The summed E-state index contributed by atoms with van der Waals surface area (Å²) in [6.07, 6.45) is 1.16. The second kappa shape index (κ2) is 7.11. The van der Waals surface area contributed by atoms with E-state index in [0.29, 0.717) is 0 Å². The molecule has 0 aliphatic carbocycles. The van der Waals surface area contributed by atoms with Crippen LogP contribution >= 0.6 is 0 Å². The number of rotatable bonds is 6. The molecule has 2 aromatic rings. The maximum Gasteiger partial charge on any atom is 0.127 e. The van der Waals surface area contributed by atoms with Gasteiger partial charge in [0.2, 0.25) is 0 Å². The highest BCUT2D eigenvalue weighted by molar-refractivity contribution is 5.38. The Morgan fingerprint density at radius 3 is 2.30 bits per heavy atom. The first-order valence-electron chi connectivity index (χ1n) is 7.24. The fourth-order valence-corrected chi connectivity index (χ4v) is 2.07. The summed E-state index contributed by atoms with van der Waals surface area (Å²) in [5.41, 5.74) is 3.83. The molecule has 106 valence electrons. The van der Waals surface area contributed by atoms with Gasteiger partial charge in [0.25, 0.3) is 0 Å². The lowest BCUT2D eigenvalue weighted by Crippen LogP contribution is -2.14. The molecule has 0 aliphatic heterocycles. The molecule has 20 heavy (non-hydrogen) atoms. The number of hydrogen-bond acceptors (Lipinski definition) is 2. The Bertz CT molecular complexity index is 546. The van der Waals surface area contributed by atoms with E-state index in [9.17, 15) is 0 Å². The van der Waals surface area contributed by atoms with Gasteiger partial charge in [0, 0.05) is 6.54 Å². The van der Waals surface area contributed by atoms with Crippen molar-refractivity contribution >= 4 is 0 Å². The molecule has 1 N–H and O–H groups in total. The highest BCUT2D eigenvalue weighted by Crippen LogP contribution is 2.24. The van der Waals surface area contributed by atoms with Crippen molar-refractivity contribution in [2.45, 2.75) is 33.7 Å². The summed E-state index contributed by atoms with van der Waals surface area (Å²) in [4.78, 5) is 0. The summed E-state index contributed by atoms with van der Waals surface area (Å²) >= 11 is 0. The second-order valence-electron chi connectivity index (χ2n) is 5.18. The fourth-order valence-electron chi connectivity index (χ4n) is 2.07. The lowest BCUT2D eigenvalue weighted by atomic mass is 10.1. The normalized spacial score (nSPS) is 10.6. The SMILES string of the molecule is CCCNCc1ccc(Oc2ccc(C)cc2)cc1C. The van der Waals surface area contributed by atoms with Crippen LogP contribution in [0.25, 0.3) is 0 Å². The van der Waals surface area contributed by atoms with Crippen LogP contribution in [-0.2, 0) is 6.54 Å². The van der Waals surface area contributed by atoms with E-state index in [1.165, 1.54) is 16.7 Å². The molecule has 0 atom stereocenters. The van der Waals surface area contributed by atoms with Crippen LogP contribution in [0.2, 0.25) is 0 Å². The van der Waals surface area contributed by atoms with E-state index in [1.807, 2.05) is 18.2 Å². The third-order valence-electron chi connectivity index (χ3n) is 3.31. The van der Waals surface area contributed by atoms with Crippen molar-refractivity contribution < 1.29 is 4.74 Å². The second-order valence-corrected chi connectivity index (χ2v) is 5.18. The summed E-state index contributed by atoms with van der Waals surface area (Å²) in [6.45, 7) is 8.36. The Morgan fingerprint density at radius 2 is 1.65 bits per heavy atom. The molecular formula is C18H23NO. The standard InChI is InChI=1S/C18H23NO/c1-4-11-19-13-16-7-10-18(12-15(16)3)20-17-8-5-14(2)6-9-17/h5-10,12,19H,4,11,13H2,1-3H3. The van der Waals surface area contributed by atoms with Gasteiger partial charge in [-0.25, -0.2) is 0 Å². The van der Waals surface area contributed by atoms with E-state index in [2.05, 4.69) is 50.4 Å². The highest BCUT2D eigenvalue weighted by atomic mass is 16.5. The van der Waals surface area contributed by atoms with Crippen molar-refractivity contribution in [2.75, 3.05) is 6.54 Å². The van der Waals surface area contributed by atoms with Crippen LogP contribution in [0.5, 0.6) is 11.5 Å². The third kappa shape index (κ3) is 4.10. The Hall–Kier alpha value is -1.80. The summed E-state index contributed by atoms with van der Waals surface area (Å²) < 4.78 is 5.87. The van der Waals surface area contributed by atoms with Gasteiger partial charge in [-0.3, -0.25) is 0 Å². The molecule has 0 fully saturated rings. The molecular weight excluding hydrogens is 246 g/mol. The summed E-state index contributed by atoms with van der Waals surface area (Å²) in [7, 11) is 0. The lowest BCUT2D eigenvalue weighted by molar-refractivity contribution is 0.481. The van der Waals surface area contributed by atoms with Gasteiger partial charge in [0.05, 0.1) is 0 Å². The summed E-state index contributed by atoms with van der Waals surface area (Å²) in [6, 6.07) is 14.4. The van der Waals surface area contributed by atoms with E-state index in [4.69, 9.17) is 4.74 Å². The van der Waals surface area contributed by atoms with Crippen LogP contribution in [0.15, 0.2) is 42.5 Å². The van der Waals surface area contributed by atoms with Crippen molar-refractivity contribution in [3.05, 3.63) is 59.2 Å². The minimum Gasteiger partial charge on any atom is -0.457 e. The first-order valence-corrected chi connectivity index (χ1v) is 7.24. The van der Waals surface area contributed by atoms with E-state index < -0.39 is 0 Å². The number of aryl methyl sites for hydroxylation is 2. The Kier molecular flexibility index (Phi) is 5.19. The Morgan fingerprint density at radius 1 is 0.950 bits per heavy atom. The molecule has 0 amide bonds. The predicted molar refractivity (Wildman–Crippen MR) is 84.4 cm³/mol. The van der Waals surface area contributed by atoms with Gasteiger partial charge >= 0.3 is 0 Å². The van der Waals surface area contributed by atoms with Crippen molar-refractivity contribution in [2.24, 2.45) is 0 Å². The fraction of sp³-hybridized carbons (Fsp3) is 0.333. The monoisotopic (exact) mass is 269 g/mol. The van der Waals surface area contributed by atoms with Gasteiger partial charge in [-0.05, 0) is 62.2 Å². The minimum absolute atomic E-state index is 0.881. The molecule has 0 spiro atoms. The third-order valence-corrected chi connectivity index (χ3v) is 3.31. The Balaban J connectivity index is 2.03. The maximum atomic E-state index is 5.87. The molecule has 0 saturated carbocycles. The summed E-state index contributed by atoms with van der Waals surface area (Å²) in [5.74, 6) is 1.78.